The highest BCUT2D eigenvalue weighted by Crippen LogP contribution is 2.07. The smallest absolute Gasteiger partial charge is 0.219 e. The molecular weight excluding hydrogens is 283 g/mol. The van der Waals surface area contributed by atoms with Crippen molar-refractivity contribution in [3.05, 3.63) is 35.6 Å². The SMILES string of the molecule is CC(=O)N1CCN(CC(=O)c2ccc(F)cc2)CC1.Cl. The molecule has 0 atom stereocenters. The van der Waals surface area contributed by atoms with Gasteiger partial charge >= 0.3 is 0 Å². The zero-order valence-corrected chi connectivity index (χ0v) is 12.2. The summed E-state index contributed by atoms with van der Waals surface area (Å²) in [7, 11) is 0. The summed E-state index contributed by atoms with van der Waals surface area (Å²) in [6, 6.07) is 5.59. The Hall–Kier alpha value is -1.46. The Balaban J connectivity index is 0.00000200. The average Bonchev–Trinajstić information content (AvgIpc) is 2.40. The fraction of sp³-hybridized carbons (Fsp3) is 0.429. The number of nitrogens with zero attached hydrogens (tertiary/aromatic N) is 2. The predicted molar refractivity (Wildman–Crippen MR) is 76.7 cm³/mol. The Kier molecular flexibility index (Phi) is 6.10. The Bertz CT molecular complexity index is 471. The van der Waals surface area contributed by atoms with Crippen LogP contribution in [0, 0.1) is 5.82 Å². The molecule has 1 fully saturated rings. The minimum absolute atomic E-state index is 0. The van der Waals surface area contributed by atoms with E-state index in [4.69, 9.17) is 0 Å². The molecule has 1 aliphatic rings. The molecular formula is C14H18ClFN2O2. The van der Waals surface area contributed by atoms with Gasteiger partial charge in [-0.05, 0) is 24.3 Å². The van der Waals surface area contributed by atoms with E-state index in [0.717, 1.165) is 0 Å². The maximum atomic E-state index is 12.8. The van der Waals surface area contributed by atoms with Crippen molar-refractivity contribution in [1.82, 2.24) is 9.80 Å². The number of carbonyl (C=O) groups excluding carboxylic acids is 2. The van der Waals surface area contributed by atoms with Gasteiger partial charge in [0.2, 0.25) is 5.91 Å². The van der Waals surface area contributed by atoms with E-state index < -0.39 is 0 Å². The van der Waals surface area contributed by atoms with Gasteiger partial charge in [-0.15, -0.1) is 12.4 Å². The fourth-order valence-electron chi connectivity index (χ4n) is 2.15. The fourth-order valence-corrected chi connectivity index (χ4v) is 2.15. The van der Waals surface area contributed by atoms with Crippen LogP contribution in [0.2, 0.25) is 0 Å². The number of carbonyl (C=O) groups is 2. The molecule has 2 rings (SSSR count). The third-order valence-corrected chi connectivity index (χ3v) is 3.35. The number of Topliss-reactive ketones (excluding diaryl/α,β-unsaturated/α-hetero) is 1. The van der Waals surface area contributed by atoms with Crippen LogP contribution in [0.15, 0.2) is 24.3 Å². The summed E-state index contributed by atoms with van der Waals surface area (Å²) < 4.78 is 12.8. The van der Waals surface area contributed by atoms with Crippen molar-refractivity contribution in [3.8, 4) is 0 Å². The lowest BCUT2D eigenvalue weighted by Gasteiger charge is -2.33. The van der Waals surface area contributed by atoms with E-state index in [-0.39, 0.29) is 29.9 Å². The lowest BCUT2D eigenvalue weighted by molar-refractivity contribution is -0.130. The molecule has 1 aromatic carbocycles. The lowest BCUT2D eigenvalue weighted by atomic mass is 10.1. The van der Waals surface area contributed by atoms with Crippen LogP contribution in [0.5, 0.6) is 0 Å². The maximum Gasteiger partial charge on any atom is 0.219 e. The molecule has 1 amide bonds. The third kappa shape index (κ3) is 4.28. The Morgan fingerprint density at radius 3 is 2.15 bits per heavy atom. The van der Waals surface area contributed by atoms with Gasteiger partial charge in [-0.1, -0.05) is 0 Å². The molecule has 0 unspecified atom stereocenters. The molecule has 0 radical (unpaired) electrons. The van der Waals surface area contributed by atoms with Crippen molar-refractivity contribution in [2.45, 2.75) is 6.92 Å². The van der Waals surface area contributed by atoms with Crippen LogP contribution in [0.3, 0.4) is 0 Å². The summed E-state index contributed by atoms with van der Waals surface area (Å²) in [5.74, 6) is -0.285. The monoisotopic (exact) mass is 300 g/mol. The van der Waals surface area contributed by atoms with Gasteiger partial charge in [0.1, 0.15) is 5.82 Å². The highest BCUT2D eigenvalue weighted by molar-refractivity contribution is 5.97. The van der Waals surface area contributed by atoms with Crippen molar-refractivity contribution >= 4 is 24.1 Å². The standard InChI is InChI=1S/C14H17FN2O2.ClH/c1-11(18)17-8-6-16(7-9-17)10-14(19)12-2-4-13(15)5-3-12;/h2-5H,6-10H2,1H3;1H. The van der Waals surface area contributed by atoms with E-state index in [1.54, 1.807) is 11.8 Å². The van der Waals surface area contributed by atoms with E-state index in [1.165, 1.54) is 24.3 Å². The van der Waals surface area contributed by atoms with Gasteiger partial charge in [-0.2, -0.15) is 0 Å². The quantitative estimate of drug-likeness (QED) is 0.796. The average molecular weight is 301 g/mol. The molecule has 0 bridgehead atoms. The number of hydrogen-bond acceptors (Lipinski definition) is 3. The minimum atomic E-state index is -0.341. The number of rotatable bonds is 3. The minimum Gasteiger partial charge on any atom is -0.340 e. The normalized spacial score (nSPS) is 15.6. The molecule has 4 nitrogen and oxygen atoms in total. The van der Waals surface area contributed by atoms with E-state index in [2.05, 4.69) is 0 Å². The molecule has 1 aliphatic heterocycles. The van der Waals surface area contributed by atoms with Crippen molar-refractivity contribution < 1.29 is 14.0 Å². The van der Waals surface area contributed by atoms with Crippen LogP contribution in [0.1, 0.15) is 17.3 Å². The maximum absolute atomic E-state index is 12.8. The summed E-state index contributed by atoms with van der Waals surface area (Å²) in [5.41, 5.74) is 0.524. The summed E-state index contributed by atoms with van der Waals surface area (Å²) in [5, 5.41) is 0. The molecule has 0 aliphatic carbocycles. The molecule has 110 valence electrons. The van der Waals surface area contributed by atoms with E-state index in [1.807, 2.05) is 4.90 Å². The van der Waals surface area contributed by atoms with E-state index in [9.17, 15) is 14.0 Å². The predicted octanol–water partition coefficient (Wildman–Crippen LogP) is 1.59. The number of benzene rings is 1. The highest BCUT2D eigenvalue weighted by Gasteiger charge is 2.20. The summed E-state index contributed by atoms with van der Waals surface area (Å²) in [6.07, 6.45) is 0. The zero-order valence-electron chi connectivity index (χ0n) is 11.3. The highest BCUT2D eigenvalue weighted by atomic mass is 35.5. The third-order valence-electron chi connectivity index (χ3n) is 3.35. The molecule has 0 saturated carbocycles. The second-order valence-corrected chi connectivity index (χ2v) is 4.71. The number of piperazine rings is 1. The van der Waals surface area contributed by atoms with Crippen molar-refractivity contribution in [1.29, 1.82) is 0 Å². The van der Waals surface area contributed by atoms with Gasteiger partial charge < -0.3 is 4.90 Å². The number of ketones is 1. The Morgan fingerprint density at radius 1 is 1.10 bits per heavy atom. The molecule has 6 heteroatoms. The van der Waals surface area contributed by atoms with Gasteiger partial charge in [0, 0.05) is 38.7 Å². The summed E-state index contributed by atoms with van der Waals surface area (Å²) >= 11 is 0. The molecule has 20 heavy (non-hydrogen) atoms. The van der Waals surface area contributed by atoms with Crippen molar-refractivity contribution in [2.75, 3.05) is 32.7 Å². The molecule has 1 aromatic rings. The Labute approximate surface area is 124 Å². The van der Waals surface area contributed by atoms with Crippen LogP contribution in [0.25, 0.3) is 0 Å². The van der Waals surface area contributed by atoms with Gasteiger partial charge in [-0.3, -0.25) is 14.5 Å². The van der Waals surface area contributed by atoms with Crippen LogP contribution in [0.4, 0.5) is 4.39 Å². The van der Waals surface area contributed by atoms with Gasteiger partial charge in [0.05, 0.1) is 6.54 Å². The molecule has 0 spiro atoms. The molecule has 0 N–H and O–H groups in total. The second-order valence-electron chi connectivity index (χ2n) is 4.71. The molecule has 1 saturated heterocycles. The zero-order chi connectivity index (χ0) is 13.8. The first-order valence-electron chi connectivity index (χ1n) is 6.33. The van der Waals surface area contributed by atoms with Crippen molar-refractivity contribution in [3.63, 3.8) is 0 Å². The van der Waals surface area contributed by atoms with Gasteiger partial charge in [-0.25, -0.2) is 4.39 Å². The van der Waals surface area contributed by atoms with Crippen LogP contribution in [-0.2, 0) is 4.79 Å². The van der Waals surface area contributed by atoms with Crippen LogP contribution < -0.4 is 0 Å². The van der Waals surface area contributed by atoms with Gasteiger partial charge in [0.15, 0.2) is 5.78 Å². The van der Waals surface area contributed by atoms with Crippen molar-refractivity contribution in [2.24, 2.45) is 0 Å². The van der Waals surface area contributed by atoms with E-state index in [0.29, 0.717) is 38.3 Å². The van der Waals surface area contributed by atoms with Crippen LogP contribution in [-0.4, -0.2) is 54.2 Å². The number of amides is 1. The molecule has 0 aromatic heterocycles. The topological polar surface area (TPSA) is 40.6 Å². The van der Waals surface area contributed by atoms with E-state index >= 15 is 0 Å². The second kappa shape index (κ2) is 7.36. The number of hydrogen-bond donors (Lipinski definition) is 0. The summed E-state index contributed by atoms with van der Waals surface area (Å²) in [4.78, 5) is 27.0. The first-order valence-corrected chi connectivity index (χ1v) is 6.33. The summed E-state index contributed by atoms with van der Waals surface area (Å²) in [6.45, 7) is 4.59. The first-order chi connectivity index (χ1) is 9.06. The van der Waals surface area contributed by atoms with Gasteiger partial charge in [0.25, 0.3) is 0 Å². The lowest BCUT2D eigenvalue weighted by Crippen LogP contribution is -2.49. The van der Waals surface area contributed by atoms with Crippen LogP contribution >= 0.6 is 12.4 Å². The largest absolute Gasteiger partial charge is 0.340 e. The molecule has 1 heterocycles. The first kappa shape index (κ1) is 16.6. The Morgan fingerprint density at radius 2 is 1.65 bits per heavy atom. The number of halogens is 2.